The van der Waals surface area contributed by atoms with Crippen LogP contribution >= 0.6 is 0 Å². The lowest BCUT2D eigenvalue weighted by molar-refractivity contribution is 0.827. The summed E-state index contributed by atoms with van der Waals surface area (Å²) in [5.74, 6) is 0.691. The zero-order valence-corrected chi connectivity index (χ0v) is 9.33. The van der Waals surface area contributed by atoms with E-state index in [1.165, 1.54) is 0 Å². The molecule has 0 amide bonds. The summed E-state index contributed by atoms with van der Waals surface area (Å²) in [6.45, 7) is 1.90. The number of benzene rings is 1. The van der Waals surface area contributed by atoms with Crippen molar-refractivity contribution in [1.29, 1.82) is 0 Å². The number of rotatable bonds is 1. The Morgan fingerprint density at radius 3 is 2.76 bits per heavy atom. The average Bonchev–Trinajstić information content (AvgIpc) is 2.73. The molecule has 5 heteroatoms. The third-order valence-electron chi connectivity index (χ3n) is 2.60. The third-order valence-corrected chi connectivity index (χ3v) is 2.60. The molecule has 0 radical (unpaired) electrons. The molecule has 0 unspecified atom stereocenters. The minimum Gasteiger partial charge on any atom is -0.399 e. The Morgan fingerprint density at radius 1 is 1.12 bits per heavy atom. The second-order valence-corrected chi connectivity index (χ2v) is 3.91. The predicted octanol–water partition coefficient (Wildman–Crippen LogP) is 1.71. The van der Waals surface area contributed by atoms with E-state index in [1.807, 2.05) is 37.3 Å². The molecule has 0 fully saturated rings. The van der Waals surface area contributed by atoms with Crippen LogP contribution in [0.3, 0.4) is 0 Å². The molecule has 0 spiro atoms. The molecule has 2 N–H and O–H groups in total. The van der Waals surface area contributed by atoms with Gasteiger partial charge in [-0.25, -0.2) is 4.68 Å². The largest absolute Gasteiger partial charge is 0.399 e. The van der Waals surface area contributed by atoms with Gasteiger partial charge in [-0.1, -0.05) is 0 Å². The van der Waals surface area contributed by atoms with Crippen LogP contribution in [0.15, 0.2) is 36.5 Å². The highest BCUT2D eigenvalue weighted by Crippen LogP contribution is 2.19. The van der Waals surface area contributed by atoms with Crippen LogP contribution in [-0.4, -0.2) is 20.0 Å². The SMILES string of the molecule is Cc1ccc(-n2ncc3ccc(N)cc32)nn1. The van der Waals surface area contributed by atoms with Crippen molar-refractivity contribution >= 4 is 16.6 Å². The zero-order valence-electron chi connectivity index (χ0n) is 9.33. The Balaban J connectivity index is 2.23. The van der Waals surface area contributed by atoms with Gasteiger partial charge in [0.25, 0.3) is 0 Å². The number of fused-ring (bicyclic) bond motifs is 1. The summed E-state index contributed by atoms with van der Waals surface area (Å²) >= 11 is 0. The lowest BCUT2D eigenvalue weighted by Gasteiger charge is -2.02. The van der Waals surface area contributed by atoms with Gasteiger partial charge >= 0.3 is 0 Å². The second kappa shape index (κ2) is 3.55. The van der Waals surface area contributed by atoms with E-state index in [0.29, 0.717) is 11.5 Å². The highest BCUT2D eigenvalue weighted by molar-refractivity contribution is 5.83. The van der Waals surface area contributed by atoms with E-state index in [4.69, 9.17) is 5.73 Å². The molecule has 0 saturated carbocycles. The first kappa shape index (κ1) is 9.77. The van der Waals surface area contributed by atoms with E-state index >= 15 is 0 Å². The summed E-state index contributed by atoms with van der Waals surface area (Å²) in [6.07, 6.45) is 1.79. The lowest BCUT2D eigenvalue weighted by Crippen LogP contribution is -2.01. The number of nitrogens with zero attached hydrogens (tertiary/aromatic N) is 4. The van der Waals surface area contributed by atoms with Gasteiger partial charge in [-0.3, -0.25) is 0 Å². The maximum Gasteiger partial charge on any atom is 0.176 e. The molecular formula is C12H11N5. The van der Waals surface area contributed by atoms with Crippen molar-refractivity contribution < 1.29 is 0 Å². The van der Waals surface area contributed by atoms with Crippen molar-refractivity contribution in [3.63, 3.8) is 0 Å². The molecule has 0 bridgehead atoms. The van der Waals surface area contributed by atoms with Crippen molar-refractivity contribution in [3.05, 3.63) is 42.2 Å². The van der Waals surface area contributed by atoms with Gasteiger partial charge in [0.15, 0.2) is 5.82 Å². The van der Waals surface area contributed by atoms with E-state index in [2.05, 4.69) is 15.3 Å². The van der Waals surface area contributed by atoms with Gasteiger partial charge in [0, 0.05) is 11.1 Å². The summed E-state index contributed by atoms with van der Waals surface area (Å²) in [4.78, 5) is 0. The quantitative estimate of drug-likeness (QED) is 0.640. The summed E-state index contributed by atoms with van der Waals surface area (Å²) in [5.41, 5.74) is 8.30. The molecule has 0 saturated heterocycles. The standard InChI is InChI=1S/C12H11N5/c1-8-2-5-12(16-15-8)17-11-6-10(13)4-3-9(11)7-14-17/h2-7H,13H2,1H3. The highest BCUT2D eigenvalue weighted by atomic mass is 15.3. The predicted molar refractivity (Wildman–Crippen MR) is 65.8 cm³/mol. The maximum absolute atomic E-state index is 5.78. The van der Waals surface area contributed by atoms with Gasteiger partial charge in [0.1, 0.15) is 0 Å². The van der Waals surface area contributed by atoms with Crippen molar-refractivity contribution in [2.24, 2.45) is 0 Å². The molecule has 0 aliphatic rings. The van der Waals surface area contributed by atoms with Gasteiger partial charge in [-0.2, -0.15) is 10.2 Å². The summed E-state index contributed by atoms with van der Waals surface area (Å²) in [6, 6.07) is 9.47. The van der Waals surface area contributed by atoms with Crippen molar-refractivity contribution in [3.8, 4) is 5.82 Å². The average molecular weight is 225 g/mol. The normalized spacial score (nSPS) is 10.9. The van der Waals surface area contributed by atoms with Crippen LogP contribution in [0.4, 0.5) is 5.69 Å². The van der Waals surface area contributed by atoms with E-state index in [0.717, 1.165) is 16.6 Å². The van der Waals surface area contributed by atoms with Gasteiger partial charge in [0.05, 0.1) is 17.4 Å². The molecule has 84 valence electrons. The van der Waals surface area contributed by atoms with Gasteiger partial charge < -0.3 is 5.73 Å². The summed E-state index contributed by atoms with van der Waals surface area (Å²) in [7, 11) is 0. The fourth-order valence-corrected chi connectivity index (χ4v) is 1.72. The maximum atomic E-state index is 5.78. The zero-order chi connectivity index (χ0) is 11.8. The number of hydrogen-bond acceptors (Lipinski definition) is 4. The van der Waals surface area contributed by atoms with Crippen LogP contribution in [-0.2, 0) is 0 Å². The molecule has 3 aromatic rings. The molecule has 5 nitrogen and oxygen atoms in total. The van der Waals surface area contributed by atoms with Crippen LogP contribution in [0.1, 0.15) is 5.69 Å². The lowest BCUT2D eigenvalue weighted by atomic mass is 10.2. The van der Waals surface area contributed by atoms with Crippen LogP contribution in [0.25, 0.3) is 16.7 Å². The number of aryl methyl sites for hydroxylation is 1. The van der Waals surface area contributed by atoms with Gasteiger partial charge in [0.2, 0.25) is 0 Å². The van der Waals surface area contributed by atoms with Crippen LogP contribution in [0.2, 0.25) is 0 Å². The van der Waals surface area contributed by atoms with Crippen LogP contribution < -0.4 is 5.73 Å². The molecule has 3 rings (SSSR count). The van der Waals surface area contributed by atoms with Gasteiger partial charge in [-0.05, 0) is 37.3 Å². The molecule has 1 aromatic carbocycles. The Labute approximate surface area is 97.9 Å². The minimum atomic E-state index is 0.691. The molecular weight excluding hydrogens is 214 g/mol. The highest BCUT2D eigenvalue weighted by Gasteiger charge is 2.06. The number of nitrogen functional groups attached to an aromatic ring is 1. The number of aromatic nitrogens is 4. The Hall–Kier alpha value is -2.43. The van der Waals surface area contributed by atoms with Gasteiger partial charge in [-0.15, -0.1) is 5.10 Å². The molecule has 2 aromatic heterocycles. The van der Waals surface area contributed by atoms with E-state index in [-0.39, 0.29) is 0 Å². The third kappa shape index (κ3) is 1.61. The summed E-state index contributed by atoms with van der Waals surface area (Å²) < 4.78 is 1.73. The van der Waals surface area contributed by atoms with E-state index < -0.39 is 0 Å². The van der Waals surface area contributed by atoms with Crippen molar-refractivity contribution in [1.82, 2.24) is 20.0 Å². The number of nitrogens with two attached hydrogens (primary N) is 1. The first-order chi connectivity index (χ1) is 8.24. The van der Waals surface area contributed by atoms with Crippen molar-refractivity contribution in [2.45, 2.75) is 6.92 Å². The smallest absolute Gasteiger partial charge is 0.176 e. The Morgan fingerprint density at radius 2 is 2.00 bits per heavy atom. The topological polar surface area (TPSA) is 69.6 Å². The fourth-order valence-electron chi connectivity index (χ4n) is 1.72. The molecule has 0 aliphatic carbocycles. The molecule has 0 atom stereocenters. The first-order valence-electron chi connectivity index (χ1n) is 5.28. The molecule has 2 heterocycles. The van der Waals surface area contributed by atoms with Crippen LogP contribution in [0, 0.1) is 6.92 Å². The number of anilines is 1. The van der Waals surface area contributed by atoms with Crippen LogP contribution in [0.5, 0.6) is 0 Å². The Bertz CT molecular complexity index is 669. The summed E-state index contributed by atoms with van der Waals surface area (Å²) in [5, 5.41) is 13.5. The monoisotopic (exact) mass is 225 g/mol. The second-order valence-electron chi connectivity index (χ2n) is 3.91. The molecule has 0 aliphatic heterocycles. The molecule has 17 heavy (non-hydrogen) atoms. The minimum absolute atomic E-state index is 0.691. The van der Waals surface area contributed by atoms with E-state index in [1.54, 1.807) is 10.9 Å². The Kier molecular flexibility index (Phi) is 2.04. The van der Waals surface area contributed by atoms with Crippen molar-refractivity contribution in [2.75, 3.05) is 5.73 Å². The first-order valence-corrected chi connectivity index (χ1v) is 5.28. The number of hydrogen-bond donors (Lipinski definition) is 1. The fraction of sp³-hybridized carbons (Fsp3) is 0.0833. The van der Waals surface area contributed by atoms with E-state index in [9.17, 15) is 0 Å².